The van der Waals surface area contributed by atoms with Crippen LogP contribution in [0.3, 0.4) is 0 Å². The van der Waals surface area contributed by atoms with Crippen molar-refractivity contribution in [2.75, 3.05) is 11.1 Å². The molecule has 0 saturated heterocycles. The molecule has 1 aromatic heterocycles. The lowest BCUT2D eigenvalue weighted by Crippen LogP contribution is -2.15. The van der Waals surface area contributed by atoms with Gasteiger partial charge in [0.1, 0.15) is 5.82 Å². The van der Waals surface area contributed by atoms with Crippen LogP contribution in [-0.4, -0.2) is 31.3 Å². The Hall–Kier alpha value is -2.13. The van der Waals surface area contributed by atoms with E-state index in [9.17, 15) is 14.9 Å². The smallest absolute Gasteiger partial charge is 0.271 e. The zero-order chi connectivity index (χ0) is 17.9. The Morgan fingerprint density at radius 1 is 1.46 bits per heavy atom. The second-order valence-corrected chi connectivity index (χ2v) is 6.60. The highest BCUT2D eigenvalue weighted by molar-refractivity contribution is 7.99. The number of aryl methyl sites for hydroxylation is 1. The van der Waals surface area contributed by atoms with Crippen molar-refractivity contribution in [3.63, 3.8) is 0 Å². The highest BCUT2D eigenvalue weighted by atomic mass is 35.5. The number of nitrogens with one attached hydrogen (secondary N) is 1. The van der Waals surface area contributed by atoms with Gasteiger partial charge in [0.15, 0.2) is 5.16 Å². The van der Waals surface area contributed by atoms with Gasteiger partial charge in [0.2, 0.25) is 5.91 Å². The van der Waals surface area contributed by atoms with Gasteiger partial charge in [-0.1, -0.05) is 23.4 Å². The number of aromatic nitrogens is 3. The van der Waals surface area contributed by atoms with Crippen molar-refractivity contribution in [1.82, 2.24) is 14.8 Å². The van der Waals surface area contributed by atoms with Crippen LogP contribution in [0.4, 0.5) is 11.4 Å². The number of amides is 1. The van der Waals surface area contributed by atoms with E-state index in [4.69, 9.17) is 11.6 Å². The van der Waals surface area contributed by atoms with Gasteiger partial charge in [-0.2, -0.15) is 0 Å². The number of benzene rings is 1. The molecule has 0 aliphatic rings. The van der Waals surface area contributed by atoms with Gasteiger partial charge in [0.25, 0.3) is 5.69 Å². The van der Waals surface area contributed by atoms with Crippen LogP contribution >= 0.6 is 23.4 Å². The van der Waals surface area contributed by atoms with Gasteiger partial charge in [-0.25, -0.2) is 0 Å². The summed E-state index contributed by atoms with van der Waals surface area (Å²) in [5.74, 6) is 0.525. The first-order valence-corrected chi connectivity index (χ1v) is 8.44. The number of nitro benzene ring substituents is 1. The molecule has 0 aliphatic carbocycles. The predicted octanol–water partition coefficient (Wildman–Crippen LogP) is 3.46. The number of anilines is 1. The summed E-state index contributed by atoms with van der Waals surface area (Å²) < 4.78 is 1.93. The molecule has 1 aromatic carbocycles. The Balaban J connectivity index is 2.04. The second-order valence-electron chi connectivity index (χ2n) is 5.25. The lowest BCUT2D eigenvalue weighted by atomic mass is 10.3. The highest BCUT2D eigenvalue weighted by Gasteiger charge is 2.16. The SMILES string of the molecule is Cc1nnc(SCC(=O)Nc2cc([N+](=O)[O-])ccc2Cl)n1C(C)C. The first-order chi connectivity index (χ1) is 11.3. The molecule has 0 saturated carbocycles. The minimum absolute atomic E-state index is 0.0872. The predicted molar refractivity (Wildman–Crippen MR) is 92.6 cm³/mol. The summed E-state index contributed by atoms with van der Waals surface area (Å²) in [6, 6.07) is 4.06. The fourth-order valence-electron chi connectivity index (χ4n) is 2.08. The molecule has 0 bridgehead atoms. The van der Waals surface area contributed by atoms with Crippen LogP contribution in [0.15, 0.2) is 23.4 Å². The normalized spacial score (nSPS) is 10.9. The van der Waals surface area contributed by atoms with E-state index in [1.54, 1.807) is 0 Å². The van der Waals surface area contributed by atoms with Crippen LogP contribution in [0.2, 0.25) is 5.02 Å². The van der Waals surface area contributed by atoms with E-state index < -0.39 is 4.92 Å². The van der Waals surface area contributed by atoms with Crippen LogP contribution in [-0.2, 0) is 4.79 Å². The van der Waals surface area contributed by atoms with E-state index >= 15 is 0 Å². The number of carbonyl (C=O) groups excluding carboxylic acids is 1. The lowest BCUT2D eigenvalue weighted by molar-refractivity contribution is -0.384. The Labute approximate surface area is 147 Å². The van der Waals surface area contributed by atoms with Gasteiger partial charge in [0, 0.05) is 18.2 Å². The van der Waals surface area contributed by atoms with Crippen LogP contribution in [0.1, 0.15) is 25.7 Å². The van der Waals surface area contributed by atoms with Crippen molar-refractivity contribution in [1.29, 1.82) is 0 Å². The average Bonchev–Trinajstić information content (AvgIpc) is 2.88. The summed E-state index contributed by atoms with van der Waals surface area (Å²) in [4.78, 5) is 22.3. The van der Waals surface area contributed by atoms with E-state index in [2.05, 4.69) is 15.5 Å². The molecule has 2 aromatic rings. The minimum Gasteiger partial charge on any atom is -0.324 e. The van der Waals surface area contributed by atoms with Crippen LogP contribution in [0.5, 0.6) is 0 Å². The molecular weight excluding hydrogens is 354 g/mol. The number of nitrogens with zero attached hydrogens (tertiary/aromatic N) is 4. The number of rotatable bonds is 6. The Bertz CT molecular complexity index is 778. The van der Waals surface area contributed by atoms with E-state index in [1.807, 2.05) is 25.3 Å². The number of nitro groups is 1. The second kappa shape index (κ2) is 7.63. The number of thioether (sulfide) groups is 1. The summed E-state index contributed by atoms with van der Waals surface area (Å²) in [5, 5.41) is 22.3. The fraction of sp³-hybridized carbons (Fsp3) is 0.357. The third-order valence-corrected chi connectivity index (χ3v) is 4.39. The number of hydrogen-bond acceptors (Lipinski definition) is 6. The molecule has 1 N–H and O–H groups in total. The maximum absolute atomic E-state index is 12.1. The van der Waals surface area contributed by atoms with Crippen molar-refractivity contribution in [2.45, 2.75) is 32.0 Å². The average molecular weight is 370 g/mol. The first kappa shape index (κ1) is 18.2. The van der Waals surface area contributed by atoms with E-state index in [1.165, 1.54) is 30.0 Å². The monoisotopic (exact) mass is 369 g/mol. The standard InChI is InChI=1S/C14H16ClN5O3S/c1-8(2)19-9(3)17-18-14(19)24-7-13(21)16-12-6-10(20(22)23)4-5-11(12)15/h4-6,8H,7H2,1-3H3,(H,16,21). The summed E-state index contributed by atoms with van der Waals surface area (Å²) in [6.07, 6.45) is 0. The molecule has 1 heterocycles. The molecule has 8 nitrogen and oxygen atoms in total. The van der Waals surface area contributed by atoms with Crippen molar-refractivity contribution in [3.05, 3.63) is 39.2 Å². The molecule has 0 unspecified atom stereocenters. The molecule has 0 aliphatic heterocycles. The third-order valence-electron chi connectivity index (χ3n) is 3.12. The number of non-ortho nitro benzene ring substituents is 1. The highest BCUT2D eigenvalue weighted by Crippen LogP contribution is 2.27. The minimum atomic E-state index is -0.547. The Morgan fingerprint density at radius 3 is 2.79 bits per heavy atom. The first-order valence-electron chi connectivity index (χ1n) is 7.07. The lowest BCUT2D eigenvalue weighted by Gasteiger charge is -2.12. The van der Waals surface area contributed by atoms with Gasteiger partial charge in [-0.15, -0.1) is 10.2 Å². The molecule has 0 atom stereocenters. The molecule has 0 fully saturated rings. The van der Waals surface area contributed by atoms with Gasteiger partial charge in [-0.3, -0.25) is 14.9 Å². The molecule has 0 spiro atoms. The number of carbonyl (C=O) groups is 1. The molecule has 2 rings (SSSR count). The summed E-state index contributed by atoms with van der Waals surface area (Å²) in [7, 11) is 0. The molecule has 24 heavy (non-hydrogen) atoms. The molecule has 10 heteroatoms. The fourth-order valence-corrected chi connectivity index (χ4v) is 3.16. The summed E-state index contributed by atoms with van der Waals surface area (Å²) >= 11 is 7.20. The topological polar surface area (TPSA) is 103 Å². The Kier molecular flexibility index (Phi) is 5.79. The number of hydrogen-bond donors (Lipinski definition) is 1. The quantitative estimate of drug-likeness (QED) is 0.475. The maximum atomic E-state index is 12.1. The molecular formula is C14H16ClN5O3S. The van der Waals surface area contributed by atoms with Crippen molar-refractivity contribution < 1.29 is 9.72 Å². The summed E-state index contributed by atoms with van der Waals surface area (Å²) in [5.41, 5.74) is 0.0653. The van der Waals surface area contributed by atoms with Gasteiger partial charge < -0.3 is 9.88 Å². The zero-order valence-corrected chi connectivity index (χ0v) is 14.9. The summed E-state index contributed by atoms with van der Waals surface area (Å²) in [6.45, 7) is 5.85. The zero-order valence-electron chi connectivity index (χ0n) is 13.3. The van der Waals surface area contributed by atoms with Gasteiger partial charge >= 0.3 is 0 Å². The van der Waals surface area contributed by atoms with Crippen molar-refractivity contribution >= 4 is 40.6 Å². The number of halogens is 1. The van der Waals surface area contributed by atoms with E-state index in [0.717, 1.165) is 5.82 Å². The molecule has 1 amide bonds. The van der Waals surface area contributed by atoms with Crippen molar-refractivity contribution in [3.8, 4) is 0 Å². The maximum Gasteiger partial charge on any atom is 0.271 e. The van der Waals surface area contributed by atoms with Crippen LogP contribution < -0.4 is 5.32 Å². The van der Waals surface area contributed by atoms with Gasteiger partial charge in [0.05, 0.1) is 21.4 Å². The molecule has 0 radical (unpaired) electrons. The Morgan fingerprint density at radius 2 is 2.17 bits per heavy atom. The molecule has 128 valence electrons. The van der Waals surface area contributed by atoms with Crippen molar-refractivity contribution in [2.24, 2.45) is 0 Å². The van der Waals surface area contributed by atoms with E-state index in [0.29, 0.717) is 5.16 Å². The van der Waals surface area contributed by atoms with Crippen LogP contribution in [0, 0.1) is 17.0 Å². The van der Waals surface area contributed by atoms with E-state index in [-0.39, 0.29) is 34.1 Å². The van der Waals surface area contributed by atoms with Crippen LogP contribution in [0.25, 0.3) is 0 Å². The third kappa shape index (κ3) is 4.24. The largest absolute Gasteiger partial charge is 0.324 e. The van der Waals surface area contributed by atoms with Gasteiger partial charge in [-0.05, 0) is 26.8 Å².